The van der Waals surface area contributed by atoms with E-state index in [0.29, 0.717) is 30.2 Å². The van der Waals surface area contributed by atoms with Crippen LogP contribution in [0.5, 0.6) is 0 Å². The molecule has 140 valence electrons. The number of unbranched alkanes of at least 4 members (excludes halogenated alkanes) is 2. The Balaban J connectivity index is 2.05. The normalized spacial score (nSPS) is 12.0. The fourth-order valence-corrected chi connectivity index (χ4v) is 2.65. The second-order valence-corrected chi connectivity index (χ2v) is 7.21. The summed E-state index contributed by atoms with van der Waals surface area (Å²) >= 11 is 5.80. The predicted octanol–water partition coefficient (Wildman–Crippen LogP) is 5.31. The molecule has 1 unspecified atom stereocenters. The van der Waals surface area contributed by atoms with Gasteiger partial charge in [0.05, 0.1) is 6.10 Å². The molecule has 0 amide bonds. The van der Waals surface area contributed by atoms with E-state index in [1.165, 1.54) is 0 Å². The van der Waals surface area contributed by atoms with E-state index in [0.717, 1.165) is 24.8 Å². The summed E-state index contributed by atoms with van der Waals surface area (Å²) in [5.41, 5.74) is 0.913. The number of esters is 2. The second kappa shape index (κ2) is 11.9. The van der Waals surface area contributed by atoms with E-state index in [9.17, 15) is 9.59 Å². The summed E-state index contributed by atoms with van der Waals surface area (Å²) in [7, 11) is 0. The molecule has 0 aliphatic heterocycles. The van der Waals surface area contributed by atoms with Crippen LogP contribution in [0.3, 0.4) is 0 Å². The van der Waals surface area contributed by atoms with Crippen LogP contribution in [0.15, 0.2) is 24.3 Å². The molecule has 4 nitrogen and oxygen atoms in total. The van der Waals surface area contributed by atoms with Gasteiger partial charge in [-0.05, 0) is 49.8 Å². The van der Waals surface area contributed by atoms with Crippen molar-refractivity contribution in [1.82, 2.24) is 0 Å². The van der Waals surface area contributed by atoms with Crippen molar-refractivity contribution in [2.45, 2.75) is 72.0 Å². The van der Waals surface area contributed by atoms with E-state index in [1.54, 1.807) is 12.1 Å². The number of benzene rings is 1. The average molecular weight is 369 g/mol. The van der Waals surface area contributed by atoms with E-state index < -0.39 is 0 Å². The maximum absolute atomic E-state index is 11.7. The summed E-state index contributed by atoms with van der Waals surface area (Å²) in [5, 5.41) is 0.659. The molecule has 0 bridgehead atoms. The van der Waals surface area contributed by atoms with Crippen LogP contribution in [-0.4, -0.2) is 18.0 Å². The van der Waals surface area contributed by atoms with Crippen molar-refractivity contribution in [2.75, 3.05) is 0 Å². The summed E-state index contributed by atoms with van der Waals surface area (Å²) in [4.78, 5) is 23.4. The number of halogens is 1. The molecular weight excluding hydrogens is 340 g/mol. The highest BCUT2D eigenvalue weighted by atomic mass is 35.5. The fourth-order valence-electron chi connectivity index (χ4n) is 2.53. The topological polar surface area (TPSA) is 52.6 Å². The van der Waals surface area contributed by atoms with E-state index in [4.69, 9.17) is 21.1 Å². The first-order valence-corrected chi connectivity index (χ1v) is 9.34. The lowest BCUT2D eigenvalue weighted by molar-refractivity contribution is -0.149. The third-order valence-corrected chi connectivity index (χ3v) is 3.96. The summed E-state index contributed by atoms with van der Waals surface area (Å²) in [6.45, 7) is 6.40. The summed E-state index contributed by atoms with van der Waals surface area (Å²) in [6.07, 6.45) is 3.88. The van der Waals surface area contributed by atoms with E-state index in [1.807, 2.05) is 19.1 Å². The second-order valence-electron chi connectivity index (χ2n) is 6.78. The number of ether oxygens (including phenoxy) is 2. The number of carbonyl (C=O) groups is 2. The zero-order valence-electron chi connectivity index (χ0n) is 15.4. The van der Waals surface area contributed by atoms with E-state index >= 15 is 0 Å². The van der Waals surface area contributed by atoms with Crippen molar-refractivity contribution in [1.29, 1.82) is 0 Å². The van der Waals surface area contributed by atoms with Gasteiger partial charge in [-0.15, -0.1) is 0 Å². The molecule has 1 aromatic carbocycles. The molecule has 0 radical (unpaired) electrons. The monoisotopic (exact) mass is 368 g/mol. The van der Waals surface area contributed by atoms with Gasteiger partial charge in [-0.2, -0.15) is 0 Å². The van der Waals surface area contributed by atoms with Crippen LogP contribution < -0.4 is 0 Å². The standard InChI is InChI=1S/C20H29ClO4/c1-15(2)13-16(3)25-20(23)8-6-4-5-7-19(22)24-14-17-9-11-18(21)12-10-17/h9-12,15-16H,4-8,13-14H2,1-3H3. The number of hydrogen-bond donors (Lipinski definition) is 0. The van der Waals surface area contributed by atoms with Crippen molar-refractivity contribution < 1.29 is 19.1 Å². The Bertz CT molecular complexity index is 525. The molecule has 5 heteroatoms. The summed E-state index contributed by atoms with van der Waals surface area (Å²) in [6, 6.07) is 7.21. The Labute approximate surface area is 155 Å². The van der Waals surface area contributed by atoms with Gasteiger partial charge < -0.3 is 9.47 Å². The molecule has 0 heterocycles. The predicted molar refractivity (Wildman–Crippen MR) is 99.3 cm³/mol. The van der Waals surface area contributed by atoms with Gasteiger partial charge in [0.2, 0.25) is 0 Å². The fraction of sp³-hybridized carbons (Fsp3) is 0.600. The Morgan fingerprint density at radius 1 is 0.960 bits per heavy atom. The molecule has 0 aliphatic rings. The van der Waals surface area contributed by atoms with Gasteiger partial charge in [0, 0.05) is 17.9 Å². The summed E-state index contributed by atoms with van der Waals surface area (Å²) < 4.78 is 10.6. The van der Waals surface area contributed by atoms with Crippen molar-refractivity contribution in [2.24, 2.45) is 5.92 Å². The molecular formula is C20H29ClO4. The molecule has 1 rings (SSSR count). The van der Waals surface area contributed by atoms with Gasteiger partial charge in [-0.25, -0.2) is 0 Å². The molecule has 1 aromatic rings. The smallest absolute Gasteiger partial charge is 0.306 e. The van der Waals surface area contributed by atoms with Crippen molar-refractivity contribution >= 4 is 23.5 Å². The van der Waals surface area contributed by atoms with Crippen LogP contribution in [0, 0.1) is 5.92 Å². The number of rotatable bonds is 11. The van der Waals surface area contributed by atoms with Gasteiger partial charge >= 0.3 is 11.9 Å². The SMILES string of the molecule is CC(C)CC(C)OC(=O)CCCCCC(=O)OCc1ccc(Cl)cc1. The molecule has 0 fully saturated rings. The van der Waals surface area contributed by atoms with Crippen LogP contribution in [0.4, 0.5) is 0 Å². The highest BCUT2D eigenvalue weighted by Crippen LogP contribution is 2.12. The van der Waals surface area contributed by atoms with Gasteiger partial charge in [0.15, 0.2) is 0 Å². The first kappa shape index (κ1) is 21.5. The van der Waals surface area contributed by atoms with Gasteiger partial charge in [0.25, 0.3) is 0 Å². The van der Waals surface area contributed by atoms with Crippen molar-refractivity contribution in [3.63, 3.8) is 0 Å². The first-order chi connectivity index (χ1) is 11.9. The van der Waals surface area contributed by atoms with Crippen LogP contribution >= 0.6 is 11.6 Å². The van der Waals surface area contributed by atoms with Crippen molar-refractivity contribution in [3.05, 3.63) is 34.9 Å². The Morgan fingerprint density at radius 3 is 2.16 bits per heavy atom. The van der Waals surface area contributed by atoms with E-state index in [-0.39, 0.29) is 24.6 Å². The minimum Gasteiger partial charge on any atom is -0.463 e. The van der Waals surface area contributed by atoms with Crippen LogP contribution in [0.1, 0.15) is 64.9 Å². The average Bonchev–Trinajstić information content (AvgIpc) is 2.53. The minimum atomic E-state index is -0.219. The summed E-state index contributed by atoms with van der Waals surface area (Å²) in [5.74, 6) is 0.142. The quantitative estimate of drug-likeness (QED) is 0.392. The lowest BCUT2D eigenvalue weighted by Crippen LogP contribution is -2.16. The molecule has 0 aliphatic carbocycles. The molecule has 0 N–H and O–H groups in total. The van der Waals surface area contributed by atoms with Gasteiger partial charge in [-0.1, -0.05) is 44.0 Å². The third-order valence-electron chi connectivity index (χ3n) is 3.71. The maximum Gasteiger partial charge on any atom is 0.306 e. The Kier molecular flexibility index (Phi) is 10.2. The van der Waals surface area contributed by atoms with Gasteiger partial charge in [-0.3, -0.25) is 9.59 Å². The molecule has 0 aromatic heterocycles. The van der Waals surface area contributed by atoms with Crippen LogP contribution in [0.2, 0.25) is 5.02 Å². The third kappa shape index (κ3) is 10.8. The molecule has 25 heavy (non-hydrogen) atoms. The van der Waals surface area contributed by atoms with Crippen molar-refractivity contribution in [3.8, 4) is 0 Å². The highest BCUT2D eigenvalue weighted by molar-refractivity contribution is 6.30. The number of hydrogen-bond acceptors (Lipinski definition) is 4. The molecule has 1 atom stereocenters. The highest BCUT2D eigenvalue weighted by Gasteiger charge is 2.11. The Morgan fingerprint density at radius 2 is 1.56 bits per heavy atom. The zero-order valence-corrected chi connectivity index (χ0v) is 16.2. The minimum absolute atomic E-state index is 0.0321. The largest absolute Gasteiger partial charge is 0.463 e. The first-order valence-electron chi connectivity index (χ1n) is 8.96. The Hall–Kier alpha value is -1.55. The van der Waals surface area contributed by atoms with Gasteiger partial charge in [0.1, 0.15) is 6.61 Å². The molecule has 0 saturated carbocycles. The lowest BCUT2D eigenvalue weighted by atomic mass is 10.1. The zero-order chi connectivity index (χ0) is 18.7. The van der Waals surface area contributed by atoms with E-state index in [2.05, 4.69) is 13.8 Å². The van der Waals surface area contributed by atoms with Crippen LogP contribution in [-0.2, 0) is 25.7 Å². The lowest BCUT2D eigenvalue weighted by Gasteiger charge is -2.15. The molecule has 0 saturated heterocycles. The molecule has 0 spiro atoms. The number of carbonyl (C=O) groups excluding carboxylic acids is 2. The maximum atomic E-state index is 11.7. The van der Waals surface area contributed by atoms with Crippen LogP contribution in [0.25, 0.3) is 0 Å².